The van der Waals surface area contributed by atoms with Crippen molar-refractivity contribution in [2.45, 2.75) is 31.4 Å². The summed E-state index contributed by atoms with van der Waals surface area (Å²) in [6, 6.07) is 44.3. The van der Waals surface area contributed by atoms with Gasteiger partial charge in [0.15, 0.2) is 0 Å². The van der Waals surface area contributed by atoms with E-state index in [0.29, 0.717) is 12.6 Å². The van der Waals surface area contributed by atoms with Crippen molar-refractivity contribution in [2.24, 2.45) is 5.92 Å². The fourth-order valence-electron chi connectivity index (χ4n) is 5.33. The molecule has 1 unspecified atom stereocenters. The summed E-state index contributed by atoms with van der Waals surface area (Å²) < 4.78 is 2.32. The van der Waals surface area contributed by atoms with Crippen molar-refractivity contribution in [1.82, 2.24) is 9.55 Å². The highest BCUT2D eigenvalue weighted by molar-refractivity contribution is 6.84. The number of nitrogens with zero attached hydrogens (tertiary/aromatic N) is 2. The van der Waals surface area contributed by atoms with Gasteiger partial charge in [-0.25, -0.2) is 4.98 Å². The summed E-state index contributed by atoms with van der Waals surface area (Å²) >= 11 is 0. The highest BCUT2D eigenvalue weighted by Crippen LogP contribution is 2.35. The molecular weight excluding hydrogens is 487 g/mol. The first kappa shape index (κ1) is 28.1. The van der Waals surface area contributed by atoms with Crippen LogP contribution in [0.5, 0.6) is 0 Å². The van der Waals surface area contributed by atoms with E-state index in [1.165, 1.54) is 28.1 Å². The number of allylic oxidation sites excluding steroid dienone is 1. The zero-order chi connectivity index (χ0) is 27.3. The molecule has 0 bridgehead atoms. The number of benzene rings is 4. The molecule has 0 spiro atoms. The lowest BCUT2D eigenvalue weighted by Crippen LogP contribution is -2.42. The first-order chi connectivity index (χ1) is 19.1. The van der Waals surface area contributed by atoms with E-state index >= 15 is 0 Å². The first-order valence-electron chi connectivity index (χ1n) is 14.0. The number of hydrogen-bond donors (Lipinski definition) is 0. The Balaban J connectivity index is 0.000000212. The molecule has 4 heteroatoms. The van der Waals surface area contributed by atoms with Gasteiger partial charge in [0, 0.05) is 12.4 Å². The molecule has 5 rings (SSSR count). The molecule has 0 N–H and O–H groups in total. The van der Waals surface area contributed by atoms with Gasteiger partial charge in [0.25, 0.3) is 0 Å². The van der Waals surface area contributed by atoms with Gasteiger partial charge < -0.3 is 4.57 Å². The minimum atomic E-state index is -0.540. The Morgan fingerprint density at radius 3 is 1.67 bits per heavy atom. The molecule has 0 saturated carbocycles. The summed E-state index contributed by atoms with van der Waals surface area (Å²) in [4.78, 5) is 4.37. The van der Waals surface area contributed by atoms with Crippen molar-refractivity contribution < 1.29 is 0 Å². The van der Waals surface area contributed by atoms with Crippen molar-refractivity contribution in [3.8, 4) is 0 Å². The maximum absolute atomic E-state index is 4.37. The predicted octanol–water partition coefficient (Wildman–Crippen LogP) is 6.36. The predicted molar refractivity (Wildman–Crippen MR) is 172 cm³/mol. The fraction of sp³-hybridized carbons (Fsp3) is 0.171. The molecule has 0 aliphatic heterocycles. The van der Waals surface area contributed by atoms with Gasteiger partial charge in [-0.3, -0.25) is 0 Å². The number of rotatable bonds is 10. The lowest BCUT2D eigenvalue weighted by Gasteiger charge is -2.37. The monoisotopic (exact) mass is 526 g/mol. The molecule has 1 heterocycles. The third-order valence-corrected chi connectivity index (χ3v) is 10.8. The normalized spacial score (nSPS) is 11.9. The largest absolute Gasteiger partial charge is 0.327 e. The van der Waals surface area contributed by atoms with Crippen LogP contribution in [-0.4, -0.2) is 25.8 Å². The van der Waals surface area contributed by atoms with Crippen LogP contribution in [-0.2, 0) is 5.16 Å². The average Bonchev–Trinajstić information content (AvgIpc) is 3.55. The molecule has 5 aromatic rings. The zero-order valence-electron chi connectivity index (χ0n) is 23.2. The number of hydrogen-bond acceptors (Lipinski definition) is 1. The van der Waals surface area contributed by atoms with Crippen LogP contribution in [0.3, 0.4) is 0 Å². The molecular formula is C35H39BN2Si. The van der Waals surface area contributed by atoms with Crippen molar-refractivity contribution in [1.29, 1.82) is 0 Å². The Morgan fingerprint density at radius 1 is 0.795 bits per heavy atom. The third kappa shape index (κ3) is 7.16. The number of aromatic nitrogens is 2. The quantitative estimate of drug-likeness (QED) is 0.153. The molecule has 0 radical (unpaired) electrons. The zero-order valence-corrected chi connectivity index (χ0v) is 24.6. The Kier molecular flexibility index (Phi) is 10.3. The Bertz CT molecular complexity index is 1280. The Morgan fingerprint density at radius 2 is 1.26 bits per heavy atom. The van der Waals surface area contributed by atoms with Gasteiger partial charge in [0.1, 0.15) is 0 Å². The second kappa shape index (κ2) is 14.3. The summed E-state index contributed by atoms with van der Waals surface area (Å²) in [5, 5.41) is -0.103. The second-order valence-electron chi connectivity index (χ2n) is 10.3. The average molecular weight is 527 g/mol. The van der Waals surface area contributed by atoms with E-state index in [0.717, 1.165) is 6.42 Å². The van der Waals surface area contributed by atoms with Crippen molar-refractivity contribution in [3.63, 3.8) is 0 Å². The summed E-state index contributed by atoms with van der Waals surface area (Å²) in [7, 11) is -0.540. The lowest BCUT2D eigenvalue weighted by molar-refractivity contribution is 0.573. The topological polar surface area (TPSA) is 17.8 Å². The highest BCUT2D eigenvalue weighted by Gasteiger charge is 2.36. The van der Waals surface area contributed by atoms with Crippen LogP contribution < -0.4 is 10.9 Å². The Hall–Kier alpha value is -3.89. The Labute approximate surface area is 237 Å². The van der Waals surface area contributed by atoms with Crippen LogP contribution in [0.2, 0.25) is 12.9 Å². The summed E-state index contributed by atoms with van der Waals surface area (Å²) in [6.07, 6.45) is 9.11. The van der Waals surface area contributed by atoms with E-state index in [1.807, 2.05) is 18.6 Å². The summed E-state index contributed by atoms with van der Waals surface area (Å²) in [5.41, 5.74) is 5.46. The fourth-order valence-corrected chi connectivity index (χ4v) is 7.97. The van der Waals surface area contributed by atoms with Gasteiger partial charge in [-0.05, 0) is 23.5 Å². The smallest absolute Gasteiger partial charge is 0.206 e. The molecule has 0 aliphatic rings. The van der Waals surface area contributed by atoms with Crippen molar-refractivity contribution >= 4 is 27.2 Å². The lowest BCUT2D eigenvalue weighted by atomic mass is 9.43. The van der Waals surface area contributed by atoms with Crippen LogP contribution in [0, 0.1) is 5.92 Å². The van der Waals surface area contributed by atoms with Crippen molar-refractivity contribution in [2.75, 3.05) is 0 Å². The summed E-state index contributed by atoms with van der Waals surface area (Å²) in [5.74, 6) is 0.666. The minimum Gasteiger partial charge on any atom is -0.327 e. The van der Waals surface area contributed by atoms with Gasteiger partial charge in [0.05, 0.1) is 21.0 Å². The van der Waals surface area contributed by atoms with E-state index < -0.39 is 9.52 Å². The van der Waals surface area contributed by atoms with Gasteiger partial charge in [0.2, 0.25) is 6.71 Å². The van der Waals surface area contributed by atoms with Crippen LogP contribution in [0.1, 0.15) is 24.5 Å². The summed E-state index contributed by atoms with van der Waals surface area (Å²) in [6.45, 7) is 8.97. The van der Waals surface area contributed by atoms with Crippen LogP contribution in [0.25, 0.3) is 0 Å². The maximum Gasteiger partial charge on any atom is 0.206 e. The standard InChI is InChI=1S/C22H26N2Si.C13H13B/c1-3-10-19(2)17-25-22(24-16-15-23-18-24,20-11-6-4-7-12-20)21-13-8-5-9-14-21;1-14(12-8-4-2-5-9-12)13-10-6-3-7-11-13/h3-9,11-16,18-19H,1,10,17,25H2,2H3;2-11H,1H3. The van der Waals surface area contributed by atoms with E-state index in [4.69, 9.17) is 0 Å². The van der Waals surface area contributed by atoms with E-state index in [-0.39, 0.29) is 5.16 Å². The molecule has 0 aliphatic carbocycles. The first-order valence-corrected chi connectivity index (χ1v) is 15.7. The van der Waals surface area contributed by atoms with Crippen molar-refractivity contribution in [3.05, 3.63) is 164 Å². The second-order valence-corrected chi connectivity index (χ2v) is 12.4. The van der Waals surface area contributed by atoms with Crippen LogP contribution >= 0.6 is 0 Å². The number of imidazole rings is 1. The SMILES string of the molecule is C=CCC(C)C[SiH2]C(c1ccccc1)(c1ccccc1)n1ccnc1.CB(c1ccccc1)c1ccccc1. The molecule has 1 atom stereocenters. The molecule has 39 heavy (non-hydrogen) atoms. The molecule has 4 aromatic carbocycles. The molecule has 0 amide bonds. The minimum absolute atomic E-state index is 0.103. The molecule has 0 saturated heterocycles. The van der Waals surface area contributed by atoms with E-state index in [9.17, 15) is 0 Å². The maximum atomic E-state index is 4.37. The highest BCUT2D eigenvalue weighted by atomic mass is 28.2. The van der Waals surface area contributed by atoms with Crippen LogP contribution in [0.15, 0.2) is 153 Å². The van der Waals surface area contributed by atoms with Crippen LogP contribution in [0.4, 0.5) is 0 Å². The van der Waals surface area contributed by atoms with Gasteiger partial charge in [-0.2, -0.15) is 0 Å². The van der Waals surface area contributed by atoms with Gasteiger partial charge in [-0.15, -0.1) is 6.58 Å². The van der Waals surface area contributed by atoms with E-state index in [1.54, 1.807) is 0 Å². The van der Waals surface area contributed by atoms with Gasteiger partial charge >= 0.3 is 0 Å². The molecule has 1 aromatic heterocycles. The molecule has 0 fully saturated rings. The molecule has 196 valence electrons. The third-order valence-electron chi connectivity index (χ3n) is 7.61. The molecule has 2 nitrogen and oxygen atoms in total. The van der Waals surface area contributed by atoms with Gasteiger partial charge in [-0.1, -0.05) is 158 Å². The van der Waals surface area contributed by atoms with E-state index in [2.05, 4.69) is 157 Å².